The fraction of sp³-hybridized carbons (Fsp3) is 0.621. The van der Waals surface area contributed by atoms with E-state index in [-0.39, 0.29) is 48.3 Å². The molecule has 3 unspecified atom stereocenters. The Kier molecular flexibility index (Phi) is 8.39. The molecule has 0 aromatic heterocycles. The van der Waals surface area contributed by atoms with Crippen molar-refractivity contribution < 1.29 is 28.7 Å². The van der Waals surface area contributed by atoms with Crippen molar-refractivity contribution in [2.24, 2.45) is 0 Å². The van der Waals surface area contributed by atoms with Crippen LogP contribution in [0.4, 0.5) is 0 Å². The van der Waals surface area contributed by atoms with Crippen LogP contribution in [0.1, 0.15) is 74.2 Å². The van der Waals surface area contributed by atoms with Crippen LogP contribution in [0.15, 0.2) is 24.3 Å². The summed E-state index contributed by atoms with van der Waals surface area (Å²) in [7, 11) is 1.69. The number of piperidine rings is 1. The van der Waals surface area contributed by atoms with Crippen LogP contribution in [0.5, 0.6) is 0 Å². The van der Waals surface area contributed by atoms with Crippen molar-refractivity contribution in [2.75, 3.05) is 13.6 Å². The van der Waals surface area contributed by atoms with E-state index in [2.05, 4.69) is 16.0 Å². The molecule has 0 radical (unpaired) electrons. The lowest BCUT2D eigenvalue weighted by atomic mass is 9.98. The molecule has 4 saturated heterocycles. The van der Waals surface area contributed by atoms with Gasteiger partial charge < -0.3 is 30.5 Å². The smallest absolute Gasteiger partial charge is 0.329 e. The second-order valence-corrected chi connectivity index (χ2v) is 11.4. The second kappa shape index (κ2) is 12.0. The van der Waals surface area contributed by atoms with Gasteiger partial charge in [0.2, 0.25) is 17.7 Å². The normalized spacial score (nSPS) is 28.7. The number of rotatable bonds is 7. The summed E-state index contributed by atoms with van der Waals surface area (Å²) in [5.41, 5.74) is 1.21. The minimum atomic E-state index is -0.649. The van der Waals surface area contributed by atoms with Gasteiger partial charge in [-0.3, -0.25) is 19.2 Å². The largest absolute Gasteiger partial charge is 0.461 e. The summed E-state index contributed by atoms with van der Waals surface area (Å²) in [5, 5.41) is 8.74. The first-order valence-corrected chi connectivity index (χ1v) is 14.4. The van der Waals surface area contributed by atoms with Gasteiger partial charge >= 0.3 is 5.97 Å². The number of hydrogen-bond acceptors (Lipinski definition) is 7. The van der Waals surface area contributed by atoms with Crippen molar-refractivity contribution in [3.05, 3.63) is 35.4 Å². The molecule has 0 spiro atoms. The van der Waals surface area contributed by atoms with E-state index in [9.17, 15) is 24.0 Å². The Labute approximate surface area is 234 Å². The highest BCUT2D eigenvalue weighted by atomic mass is 16.6. The van der Waals surface area contributed by atoms with E-state index in [1.165, 1.54) is 0 Å². The second-order valence-electron chi connectivity index (χ2n) is 11.4. The average Bonchev–Trinajstić information content (AvgIpc) is 3.51. The van der Waals surface area contributed by atoms with Crippen LogP contribution < -0.4 is 16.0 Å². The van der Waals surface area contributed by atoms with Gasteiger partial charge in [0.05, 0.1) is 6.04 Å². The number of nitrogens with one attached hydrogen (secondary N) is 3. The number of carbonyl (C=O) groups excluding carboxylic acids is 5. The molecule has 0 aliphatic carbocycles. The van der Waals surface area contributed by atoms with Crippen LogP contribution in [0, 0.1) is 0 Å². The number of likely N-dealkylation sites (tertiary alicyclic amines) is 1. The van der Waals surface area contributed by atoms with E-state index in [1.54, 1.807) is 42.0 Å². The van der Waals surface area contributed by atoms with Gasteiger partial charge in [0.1, 0.15) is 24.2 Å². The fourth-order valence-electron chi connectivity index (χ4n) is 6.39. The molecular formula is C29H39N5O6. The number of fused-ring (bicyclic) bond motifs is 3. The molecule has 4 aliphatic rings. The third-order valence-electron chi connectivity index (χ3n) is 8.79. The first kappa shape index (κ1) is 28.1. The molecule has 40 heavy (non-hydrogen) atoms. The Morgan fingerprint density at radius 3 is 2.67 bits per heavy atom. The van der Waals surface area contributed by atoms with Crippen molar-refractivity contribution in [3.63, 3.8) is 0 Å². The number of amides is 4. The summed E-state index contributed by atoms with van der Waals surface area (Å²) in [6.07, 6.45) is 5.59. The molecule has 11 heteroatoms. The number of carbonyl (C=O) groups is 5. The van der Waals surface area contributed by atoms with E-state index < -0.39 is 24.2 Å². The van der Waals surface area contributed by atoms with Crippen molar-refractivity contribution in [2.45, 2.75) is 101 Å². The molecule has 4 fully saturated rings. The van der Waals surface area contributed by atoms with Crippen LogP contribution in [0.25, 0.3) is 0 Å². The van der Waals surface area contributed by atoms with Gasteiger partial charge in [-0.05, 0) is 57.4 Å². The maximum atomic E-state index is 13.6. The van der Waals surface area contributed by atoms with Crippen LogP contribution in [0.3, 0.4) is 0 Å². The molecule has 1 aromatic rings. The van der Waals surface area contributed by atoms with E-state index in [1.807, 2.05) is 6.07 Å². The molecule has 4 aliphatic heterocycles. The van der Waals surface area contributed by atoms with Crippen LogP contribution in [-0.4, -0.2) is 89.3 Å². The van der Waals surface area contributed by atoms with Gasteiger partial charge in [0, 0.05) is 37.5 Å². The number of nitrogens with zero attached hydrogens (tertiary/aromatic N) is 2. The molecule has 4 heterocycles. The average molecular weight is 554 g/mol. The van der Waals surface area contributed by atoms with Crippen LogP contribution >= 0.6 is 0 Å². The van der Waals surface area contributed by atoms with Gasteiger partial charge in [-0.2, -0.15) is 0 Å². The molecule has 0 saturated carbocycles. The van der Waals surface area contributed by atoms with Gasteiger partial charge in [-0.25, -0.2) is 4.79 Å². The molecule has 2 bridgehead atoms. The van der Waals surface area contributed by atoms with E-state index in [0.29, 0.717) is 37.8 Å². The lowest BCUT2D eigenvalue weighted by Gasteiger charge is -2.35. The minimum absolute atomic E-state index is 0.0166. The van der Waals surface area contributed by atoms with Crippen LogP contribution in [0.2, 0.25) is 0 Å². The molecule has 4 amide bonds. The van der Waals surface area contributed by atoms with Gasteiger partial charge in [0.15, 0.2) is 0 Å². The molecule has 11 nitrogen and oxygen atoms in total. The maximum Gasteiger partial charge on any atom is 0.329 e. The predicted molar refractivity (Wildman–Crippen MR) is 145 cm³/mol. The zero-order valence-electron chi connectivity index (χ0n) is 23.2. The maximum absolute atomic E-state index is 13.6. The summed E-state index contributed by atoms with van der Waals surface area (Å²) in [4.78, 5) is 68.1. The Morgan fingerprint density at radius 1 is 1.07 bits per heavy atom. The number of benzene rings is 1. The summed E-state index contributed by atoms with van der Waals surface area (Å²) in [6, 6.07) is 4.83. The van der Waals surface area contributed by atoms with E-state index >= 15 is 0 Å². The monoisotopic (exact) mass is 553 g/mol. The van der Waals surface area contributed by atoms with Crippen molar-refractivity contribution >= 4 is 29.6 Å². The standard InChI is InChI=1S/C29H39N5O6/c1-17(30-2)25(35)32-22-9-4-3-8-20-10-11-23(34(20)28(22)38)26(36)31-16-18-6-5-7-19(14-18)27(37)33-13-12-21-15-24(33)29(39)40-21/h5-7,14,17,20-24,30H,3-4,8-13,15-16H2,1-2H3,(H,31,36)(H,32,35)/t17-,20?,21?,22-,23-,24?/m0/s1. The Hall–Kier alpha value is -3.47. The lowest BCUT2D eigenvalue weighted by molar-refractivity contribution is -0.144. The van der Waals surface area contributed by atoms with Crippen LogP contribution in [-0.2, 0) is 30.5 Å². The summed E-state index contributed by atoms with van der Waals surface area (Å²) >= 11 is 0. The predicted octanol–water partition coefficient (Wildman–Crippen LogP) is 0.859. The Morgan fingerprint density at radius 2 is 1.88 bits per heavy atom. The van der Waals surface area contributed by atoms with Crippen molar-refractivity contribution in [1.29, 1.82) is 0 Å². The molecule has 5 rings (SSSR count). The van der Waals surface area contributed by atoms with E-state index in [0.717, 1.165) is 31.2 Å². The Bertz CT molecular complexity index is 1170. The summed E-state index contributed by atoms with van der Waals surface area (Å²) in [6.45, 7) is 2.42. The molecule has 216 valence electrons. The van der Waals surface area contributed by atoms with E-state index in [4.69, 9.17) is 4.74 Å². The minimum Gasteiger partial charge on any atom is -0.461 e. The number of hydrogen-bond donors (Lipinski definition) is 3. The third kappa shape index (κ3) is 5.70. The molecular weight excluding hydrogens is 514 g/mol. The quantitative estimate of drug-likeness (QED) is 0.426. The van der Waals surface area contributed by atoms with Crippen molar-refractivity contribution in [3.8, 4) is 0 Å². The lowest BCUT2D eigenvalue weighted by Crippen LogP contribution is -2.57. The Balaban J connectivity index is 1.23. The first-order valence-electron chi connectivity index (χ1n) is 14.4. The van der Waals surface area contributed by atoms with Gasteiger partial charge in [-0.1, -0.05) is 25.0 Å². The zero-order valence-corrected chi connectivity index (χ0v) is 23.2. The zero-order chi connectivity index (χ0) is 28.4. The van der Waals surface area contributed by atoms with Gasteiger partial charge in [0.25, 0.3) is 5.91 Å². The highest BCUT2D eigenvalue weighted by Crippen LogP contribution is 2.32. The number of likely N-dealkylation sites (N-methyl/N-ethyl adjacent to an activating group) is 1. The first-order chi connectivity index (χ1) is 19.3. The van der Waals surface area contributed by atoms with Gasteiger partial charge in [-0.15, -0.1) is 0 Å². The fourth-order valence-corrected chi connectivity index (χ4v) is 6.39. The highest BCUT2D eigenvalue weighted by Gasteiger charge is 2.45. The molecule has 3 N–H and O–H groups in total. The molecule has 1 aromatic carbocycles. The SMILES string of the molecule is CN[C@@H](C)C(=O)N[C@H]1CCCCC2CC[C@@H](C(=O)NCc3cccc(C(=O)N4CCC5CC4C(=O)O5)c3)N2C1=O. The number of esters is 1. The third-order valence-corrected chi connectivity index (χ3v) is 8.79. The molecule has 6 atom stereocenters. The number of ether oxygens (including phenoxy) is 1. The summed E-state index contributed by atoms with van der Waals surface area (Å²) in [5.74, 6) is -1.23. The van der Waals surface area contributed by atoms with Crippen molar-refractivity contribution in [1.82, 2.24) is 25.8 Å². The highest BCUT2D eigenvalue weighted by molar-refractivity contribution is 5.98. The topological polar surface area (TPSA) is 137 Å². The summed E-state index contributed by atoms with van der Waals surface area (Å²) < 4.78 is 5.31.